The van der Waals surface area contributed by atoms with E-state index in [1.165, 1.54) is 26.2 Å². The SMILES string of the molecule is COc1ccc(OC)c(NC(=O)COC(=O)[C@@H]2CC(=O)N(c3ccccc3OC)C2)c1. The third kappa shape index (κ3) is 5.06. The molecule has 1 saturated heterocycles. The fourth-order valence-corrected chi connectivity index (χ4v) is 3.30. The second-order valence-corrected chi connectivity index (χ2v) is 6.80. The highest BCUT2D eigenvalue weighted by Gasteiger charge is 2.37. The predicted octanol–water partition coefficient (Wildman–Crippen LogP) is 2.25. The summed E-state index contributed by atoms with van der Waals surface area (Å²) in [5, 5.41) is 2.63. The summed E-state index contributed by atoms with van der Waals surface area (Å²) in [5.41, 5.74) is 0.981. The van der Waals surface area contributed by atoms with Crippen LogP contribution in [0.3, 0.4) is 0 Å². The average molecular weight is 428 g/mol. The molecule has 0 radical (unpaired) electrons. The molecule has 1 heterocycles. The van der Waals surface area contributed by atoms with Gasteiger partial charge in [-0.3, -0.25) is 14.4 Å². The largest absolute Gasteiger partial charge is 0.497 e. The number of hydrogen-bond acceptors (Lipinski definition) is 7. The van der Waals surface area contributed by atoms with Gasteiger partial charge in [0.1, 0.15) is 17.2 Å². The van der Waals surface area contributed by atoms with E-state index >= 15 is 0 Å². The molecule has 1 atom stereocenters. The van der Waals surface area contributed by atoms with E-state index in [-0.39, 0.29) is 18.9 Å². The lowest BCUT2D eigenvalue weighted by molar-refractivity contribution is -0.151. The standard InChI is InChI=1S/C22H24N2O7/c1-28-15-8-9-18(29-2)16(11-15)23-20(25)13-31-22(27)14-10-21(26)24(12-14)17-6-4-5-7-19(17)30-3/h4-9,11,14H,10,12-13H2,1-3H3,(H,23,25)/t14-/m1/s1. The fourth-order valence-electron chi connectivity index (χ4n) is 3.30. The lowest BCUT2D eigenvalue weighted by atomic mass is 10.1. The van der Waals surface area contributed by atoms with Crippen molar-refractivity contribution in [2.75, 3.05) is 44.7 Å². The van der Waals surface area contributed by atoms with Crippen molar-refractivity contribution >= 4 is 29.2 Å². The molecule has 1 aliphatic heterocycles. The Balaban J connectivity index is 1.58. The van der Waals surface area contributed by atoms with Crippen LogP contribution in [0.25, 0.3) is 0 Å². The van der Waals surface area contributed by atoms with Crippen molar-refractivity contribution in [3.63, 3.8) is 0 Å². The number of nitrogens with zero attached hydrogens (tertiary/aromatic N) is 1. The molecule has 1 N–H and O–H groups in total. The highest BCUT2D eigenvalue weighted by Crippen LogP contribution is 2.33. The summed E-state index contributed by atoms with van der Waals surface area (Å²) < 4.78 is 20.8. The minimum atomic E-state index is -0.670. The van der Waals surface area contributed by atoms with Gasteiger partial charge < -0.3 is 29.2 Å². The van der Waals surface area contributed by atoms with Crippen LogP contribution < -0.4 is 24.4 Å². The van der Waals surface area contributed by atoms with Gasteiger partial charge in [0.25, 0.3) is 5.91 Å². The van der Waals surface area contributed by atoms with Crippen LogP contribution in [-0.4, -0.2) is 52.3 Å². The Morgan fingerprint density at radius 1 is 1.03 bits per heavy atom. The van der Waals surface area contributed by atoms with E-state index in [1.807, 2.05) is 0 Å². The van der Waals surface area contributed by atoms with Crippen LogP contribution in [0.2, 0.25) is 0 Å². The molecule has 9 nitrogen and oxygen atoms in total. The zero-order valence-electron chi connectivity index (χ0n) is 17.5. The molecular formula is C22H24N2O7. The number of hydrogen-bond donors (Lipinski definition) is 1. The van der Waals surface area contributed by atoms with Crippen LogP contribution in [0, 0.1) is 5.92 Å². The van der Waals surface area contributed by atoms with Crippen molar-refractivity contribution in [3.8, 4) is 17.2 Å². The molecule has 0 spiro atoms. The van der Waals surface area contributed by atoms with E-state index in [0.29, 0.717) is 28.6 Å². The van der Waals surface area contributed by atoms with Gasteiger partial charge in [-0.1, -0.05) is 12.1 Å². The first-order valence-corrected chi connectivity index (χ1v) is 9.58. The first kappa shape index (κ1) is 21.9. The average Bonchev–Trinajstić information content (AvgIpc) is 3.18. The Kier molecular flexibility index (Phi) is 6.96. The maximum atomic E-state index is 12.4. The van der Waals surface area contributed by atoms with Crippen molar-refractivity contribution in [3.05, 3.63) is 42.5 Å². The Labute approximate surface area is 179 Å². The van der Waals surface area contributed by atoms with Gasteiger partial charge in [0.05, 0.1) is 38.6 Å². The van der Waals surface area contributed by atoms with Gasteiger partial charge >= 0.3 is 5.97 Å². The van der Waals surface area contributed by atoms with E-state index in [2.05, 4.69) is 5.32 Å². The van der Waals surface area contributed by atoms with Crippen molar-refractivity contribution < 1.29 is 33.3 Å². The Hall–Kier alpha value is -3.75. The molecule has 0 aromatic heterocycles. The van der Waals surface area contributed by atoms with Crippen LogP contribution in [0.4, 0.5) is 11.4 Å². The van der Waals surface area contributed by atoms with E-state index in [4.69, 9.17) is 18.9 Å². The van der Waals surface area contributed by atoms with E-state index in [0.717, 1.165) is 0 Å². The number of anilines is 2. The first-order valence-electron chi connectivity index (χ1n) is 9.58. The van der Waals surface area contributed by atoms with Gasteiger partial charge in [-0.05, 0) is 24.3 Å². The van der Waals surface area contributed by atoms with Gasteiger partial charge in [-0.2, -0.15) is 0 Å². The minimum absolute atomic E-state index is 0.00219. The molecule has 0 unspecified atom stereocenters. The summed E-state index contributed by atoms with van der Waals surface area (Å²) in [7, 11) is 4.50. The van der Waals surface area contributed by atoms with E-state index in [9.17, 15) is 14.4 Å². The van der Waals surface area contributed by atoms with Crippen molar-refractivity contribution in [1.29, 1.82) is 0 Å². The van der Waals surface area contributed by atoms with Gasteiger partial charge in [-0.25, -0.2) is 0 Å². The van der Waals surface area contributed by atoms with Gasteiger partial charge in [0.15, 0.2) is 6.61 Å². The third-order valence-corrected chi connectivity index (χ3v) is 4.86. The zero-order chi connectivity index (χ0) is 22.4. The van der Waals surface area contributed by atoms with Crippen LogP contribution in [0.15, 0.2) is 42.5 Å². The molecule has 3 rings (SSSR count). The van der Waals surface area contributed by atoms with Crippen molar-refractivity contribution in [2.45, 2.75) is 6.42 Å². The molecular weight excluding hydrogens is 404 g/mol. The number of amides is 2. The maximum absolute atomic E-state index is 12.4. The van der Waals surface area contributed by atoms with Crippen LogP contribution in [-0.2, 0) is 19.1 Å². The summed E-state index contributed by atoms with van der Waals surface area (Å²) in [5.74, 6) is -0.516. The molecule has 0 saturated carbocycles. The summed E-state index contributed by atoms with van der Waals surface area (Å²) in [6, 6.07) is 12.0. The number of benzene rings is 2. The highest BCUT2D eigenvalue weighted by atomic mass is 16.5. The molecule has 164 valence electrons. The molecule has 9 heteroatoms. The summed E-state index contributed by atoms with van der Waals surface area (Å²) in [6.45, 7) is -0.331. The number of rotatable bonds is 8. The summed E-state index contributed by atoms with van der Waals surface area (Å²) in [4.78, 5) is 38.6. The second kappa shape index (κ2) is 9.84. The second-order valence-electron chi connectivity index (χ2n) is 6.80. The fraction of sp³-hybridized carbons (Fsp3) is 0.318. The van der Waals surface area contributed by atoms with Gasteiger partial charge in [0.2, 0.25) is 5.91 Å². The first-order chi connectivity index (χ1) is 15.0. The lowest BCUT2D eigenvalue weighted by Gasteiger charge is -2.19. The molecule has 2 aromatic rings. The van der Waals surface area contributed by atoms with Crippen LogP contribution >= 0.6 is 0 Å². The molecule has 1 aliphatic rings. The Morgan fingerprint density at radius 2 is 1.77 bits per heavy atom. The maximum Gasteiger partial charge on any atom is 0.311 e. The number of para-hydroxylation sites is 2. The predicted molar refractivity (Wildman–Crippen MR) is 113 cm³/mol. The number of carbonyl (C=O) groups is 3. The zero-order valence-corrected chi connectivity index (χ0v) is 17.5. The quantitative estimate of drug-likeness (QED) is 0.643. The number of ether oxygens (including phenoxy) is 4. The molecule has 2 aromatic carbocycles. The Morgan fingerprint density at radius 3 is 2.48 bits per heavy atom. The number of esters is 1. The van der Waals surface area contributed by atoms with E-state index in [1.54, 1.807) is 42.5 Å². The lowest BCUT2D eigenvalue weighted by Crippen LogP contribution is -2.28. The van der Waals surface area contributed by atoms with Crippen molar-refractivity contribution in [1.82, 2.24) is 0 Å². The molecule has 2 amide bonds. The summed E-state index contributed by atoms with van der Waals surface area (Å²) in [6.07, 6.45) is 0.00219. The minimum Gasteiger partial charge on any atom is -0.497 e. The smallest absolute Gasteiger partial charge is 0.311 e. The molecule has 31 heavy (non-hydrogen) atoms. The third-order valence-electron chi connectivity index (χ3n) is 4.86. The number of carbonyl (C=O) groups excluding carboxylic acids is 3. The van der Waals surface area contributed by atoms with Crippen molar-refractivity contribution in [2.24, 2.45) is 5.92 Å². The number of nitrogens with one attached hydrogen (secondary N) is 1. The van der Waals surface area contributed by atoms with Crippen LogP contribution in [0.5, 0.6) is 17.2 Å². The molecule has 0 bridgehead atoms. The van der Waals surface area contributed by atoms with Gasteiger partial charge in [-0.15, -0.1) is 0 Å². The topological polar surface area (TPSA) is 103 Å². The van der Waals surface area contributed by atoms with E-state index < -0.39 is 24.4 Å². The highest BCUT2D eigenvalue weighted by molar-refractivity contribution is 6.01. The molecule has 0 aliphatic carbocycles. The Bertz CT molecular complexity index is 976. The van der Waals surface area contributed by atoms with Gasteiger partial charge in [0, 0.05) is 19.0 Å². The number of methoxy groups -OCH3 is 3. The monoisotopic (exact) mass is 428 g/mol. The molecule has 1 fully saturated rings. The van der Waals surface area contributed by atoms with Crippen LogP contribution in [0.1, 0.15) is 6.42 Å². The summed E-state index contributed by atoms with van der Waals surface area (Å²) >= 11 is 0. The normalized spacial score (nSPS) is 15.4.